The van der Waals surface area contributed by atoms with Gasteiger partial charge in [0.25, 0.3) is 5.91 Å². The predicted molar refractivity (Wildman–Crippen MR) is 112 cm³/mol. The number of nitrogens with one attached hydrogen (secondary N) is 1. The van der Waals surface area contributed by atoms with Gasteiger partial charge in [0.1, 0.15) is 40.5 Å². The molecule has 1 heterocycles. The molecule has 0 radical (unpaired) electrons. The zero-order valence-electron chi connectivity index (χ0n) is 17.7. The van der Waals surface area contributed by atoms with Crippen LogP contribution in [0.3, 0.4) is 0 Å². The zero-order chi connectivity index (χ0) is 26.1. The maximum Gasteiger partial charge on any atom is 0.422 e. The second-order valence-electron chi connectivity index (χ2n) is 6.93. The van der Waals surface area contributed by atoms with Gasteiger partial charge in [-0.1, -0.05) is 11.6 Å². The van der Waals surface area contributed by atoms with Crippen molar-refractivity contribution in [1.29, 1.82) is 0 Å². The van der Waals surface area contributed by atoms with Crippen LogP contribution in [0.25, 0.3) is 5.69 Å². The van der Waals surface area contributed by atoms with E-state index < -0.39 is 76.1 Å². The first-order chi connectivity index (χ1) is 16.4. The average Bonchev–Trinajstić information content (AvgIpc) is 3.12. The highest BCUT2D eigenvalue weighted by atomic mass is 35.5. The van der Waals surface area contributed by atoms with Gasteiger partial charge >= 0.3 is 11.9 Å². The third kappa shape index (κ3) is 5.38. The zero-order valence-corrected chi connectivity index (χ0v) is 18.4. The molecular formula is C20H16ClF5N4O5. The summed E-state index contributed by atoms with van der Waals surface area (Å²) >= 11 is 5.76. The smallest absolute Gasteiger partial charge is 0.422 e. The van der Waals surface area contributed by atoms with Gasteiger partial charge in [-0.3, -0.25) is 9.36 Å². The molecule has 0 spiro atoms. The fourth-order valence-electron chi connectivity index (χ4n) is 3.03. The van der Waals surface area contributed by atoms with Crippen molar-refractivity contribution < 1.29 is 41.7 Å². The molecule has 1 aromatic heterocycles. The number of nitrogens with zero attached hydrogens (tertiary/aromatic N) is 3. The van der Waals surface area contributed by atoms with Gasteiger partial charge in [0.15, 0.2) is 12.4 Å². The minimum atomic E-state index is -4.85. The maximum absolute atomic E-state index is 15.0. The minimum absolute atomic E-state index is 0.0461. The van der Waals surface area contributed by atoms with Crippen LogP contribution >= 0.6 is 11.6 Å². The average molecular weight is 523 g/mol. The third-order valence-corrected chi connectivity index (χ3v) is 5.00. The Morgan fingerprint density at radius 3 is 2.49 bits per heavy atom. The summed E-state index contributed by atoms with van der Waals surface area (Å²) < 4.78 is 73.6. The fraction of sp³-hybridized carbons (Fsp3) is 0.250. The molecule has 35 heavy (non-hydrogen) atoms. The molecule has 0 aliphatic rings. The largest absolute Gasteiger partial charge is 0.506 e. The Morgan fingerprint density at radius 2 is 1.91 bits per heavy atom. The molecule has 9 nitrogen and oxygen atoms in total. The number of alkyl halides is 3. The van der Waals surface area contributed by atoms with E-state index in [2.05, 4.69) is 9.84 Å². The van der Waals surface area contributed by atoms with E-state index in [9.17, 15) is 41.8 Å². The summed E-state index contributed by atoms with van der Waals surface area (Å²) in [6.07, 6.45) is -4.85. The summed E-state index contributed by atoms with van der Waals surface area (Å²) in [5.41, 5.74) is -3.11. The second kappa shape index (κ2) is 9.92. The SMILES string of the molecule is CCn1c(CO)nn(-c2cc(OCC(F)(F)F)c(C(=O)Nc3c(F)ccc(O)c3Cl)cc2F)c1=O. The quantitative estimate of drug-likeness (QED) is 0.409. The first-order valence-corrected chi connectivity index (χ1v) is 10.1. The van der Waals surface area contributed by atoms with E-state index in [0.29, 0.717) is 16.8 Å². The van der Waals surface area contributed by atoms with Crippen LogP contribution in [-0.4, -0.2) is 43.3 Å². The van der Waals surface area contributed by atoms with Crippen LogP contribution in [0.4, 0.5) is 27.6 Å². The first-order valence-electron chi connectivity index (χ1n) is 9.69. The number of aromatic hydroxyl groups is 1. The molecular weight excluding hydrogens is 507 g/mol. The topological polar surface area (TPSA) is 119 Å². The molecule has 0 aliphatic heterocycles. The van der Waals surface area contributed by atoms with Gasteiger partial charge < -0.3 is 20.3 Å². The number of carbonyl (C=O) groups is 1. The molecule has 0 unspecified atom stereocenters. The number of aliphatic hydroxyl groups excluding tert-OH is 1. The summed E-state index contributed by atoms with van der Waals surface area (Å²) in [5.74, 6) is -5.28. The first kappa shape index (κ1) is 26.0. The number of phenolic OH excluding ortho intramolecular Hbond substituents is 1. The summed E-state index contributed by atoms with van der Waals surface area (Å²) in [7, 11) is 0. The molecule has 0 aliphatic carbocycles. The molecule has 3 N–H and O–H groups in total. The molecule has 3 rings (SSSR count). The summed E-state index contributed by atoms with van der Waals surface area (Å²) in [4.78, 5) is 25.3. The number of carbonyl (C=O) groups excluding carboxylic acids is 1. The Hall–Kier alpha value is -3.65. The highest BCUT2D eigenvalue weighted by molar-refractivity contribution is 6.35. The monoisotopic (exact) mass is 522 g/mol. The van der Waals surface area contributed by atoms with E-state index in [1.54, 1.807) is 6.92 Å². The number of phenols is 1. The summed E-state index contributed by atoms with van der Waals surface area (Å²) in [6.45, 7) is -0.990. The summed E-state index contributed by atoms with van der Waals surface area (Å²) in [5, 5.41) is 24.1. The van der Waals surface area contributed by atoms with E-state index in [-0.39, 0.29) is 12.4 Å². The Labute approximate surface area is 197 Å². The van der Waals surface area contributed by atoms with Gasteiger partial charge in [-0.25, -0.2) is 13.6 Å². The molecule has 15 heteroatoms. The second-order valence-corrected chi connectivity index (χ2v) is 7.30. The van der Waals surface area contributed by atoms with Crippen molar-refractivity contribution in [2.75, 3.05) is 11.9 Å². The van der Waals surface area contributed by atoms with E-state index in [1.165, 1.54) is 0 Å². The van der Waals surface area contributed by atoms with Crippen molar-refractivity contribution in [3.63, 3.8) is 0 Å². The third-order valence-electron chi connectivity index (χ3n) is 4.62. The van der Waals surface area contributed by atoms with Gasteiger partial charge in [-0.05, 0) is 25.1 Å². The van der Waals surface area contributed by atoms with Crippen molar-refractivity contribution in [3.05, 3.63) is 62.8 Å². The highest BCUT2D eigenvalue weighted by Gasteiger charge is 2.30. The number of hydrogen-bond acceptors (Lipinski definition) is 6. The lowest BCUT2D eigenvalue weighted by atomic mass is 10.1. The maximum atomic E-state index is 15.0. The normalized spacial score (nSPS) is 11.5. The van der Waals surface area contributed by atoms with Crippen molar-refractivity contribution in [3.8, 4) is 17.2 Å². The summed E-state index contributed by atoms with van der Waals surface area (Å²) in [6, 6.07) is 2.75. The molecule has 0 atom stereocenters. The van der Waals surface area contributed by atoms with Gasteiger partial charge in [0.2, 0.25) is 0 Å². The van der Waals surface area contributed by atoms with Crippen LogP contribution in [0, 0.1) is 11.6 Å². The number of aromatic nitrogens is 3. The number of benzene rings is 2. The Morgan fingerprint density at radius 1 is 1.23 bits per heavy atom. The lowest BCUT2D eigenvalue weighted by Gasteiger charge is -2.16. The minimum Gasteiger partial charge on any atom is -0.506 e. The van der Waals surface area contributed by atoms with E-state index in [4.69, 9.17) is 11.6 Å². The van der Waals surface area contributed by atoms with Crippen LogP contribution in [0.15, 0.2) is 29.1 Å². The van der Waals surface area contributed by atoms with Gasteiger partial charge in [-0.15, -0.1) is 5.10 Å². The van der Waals surface area contributed by atoms with E-state index in [0.717, 1.165) is 16.7 Å². The number of anilines is 1. The van der Waals surface area contributed by atoms with Crippen LogP contribution in [0.2, 0.25) is 5.02 Å². The molecule has 0 saturated heterocycles. The van der Waals surface area contributed by atoms with Crippen LogP contribution in [-0.2, 0) is 13.2 Å². The van der Waals surface area contributed by atoms with Crippen molar-refractivity contribution in [1.82, 2.24) is 14.3 Å². The van der Waals surface area contributed by atoms with E-state index >= 15 is 0 Å². The molecule has 0 bridgehead atoms. The van der Waals surface area contributed by atoms with Gasteiger partial charge in [0.05, 0.1) is 11.3 Å². The van der Waals surface area contributed by atoms with Gasteiger partial charge in [0, 0.05) is 12.6 Å². The molecule has 1 amide bonds. The lowest BCUT2D eigenvalue weighted by Crippen LogP contribution is -2.25. The highest BCUT2D eigenvalue weighted by Crippen LogP contribution is 2.35. The molecule has 0 fully saturated rings. The predicted octanol–water partition coefficient (Wildman–Crippen LogP) is 3.38. The number of hydrogen-bond donors (Lipinski definition) is 3. The van der Waals surface area contributed by atoms with Crippen LogP contribution in [0.5, 0.6) is 11.5 Å². The Balaban J connectivity index is 2.13. The number of amides is 1. The van der Waals surface area contributed by atoms with Crippen molar-refractivity contribution >= 4 is 23.2 Å². The molecule has 3 aromatic rings. The standard InChI is InChI=1S/C20H16ClF5N4O5/c1-2-29-15(7-31)28-30(19(29)34)12-6-14(35-8-20(24,25)26)9(5-11(12)23)18(33)27-17-10(22)3-4-13(32)16(17)21/h3-6,31-32H,2,7-8H2,1H3,(H,27,33). The lowest BCUT2D eigenvalue weighted by molar-refractivity contribution is -0.153. The molecule has 2 aromatic carbocycles. The van der Waals surface area contributed by atoms with Crippen LogP contribution in [0.1, 0.15) is 23.1 Å². The van der Waals surface area contributed by atoms with Gasteiger partial charge in [-0.2, -0.15) is 17.9 Å². The fourth-order valence-corrected chi connectivity index (χ4v) is 3.23. The Bertz CT molecular complexity index is 1340. The van der Waals surface area contributed by atoms with Crippen molar-refractivity contribution in [2.45, 2.75) is 26.3 Å². The number of rotatable bonds is 7. The van der Waals surface area contributed by atoms with Crippen LogP contribution < -0.4 is 15.7 Å². The number of ether oxygens (including phenoxy) is 1. The van der Waals surface area contributed by atoms with E-state index in [1.807, 2.05) is 5.32 Å². The number of halogens is 6. The molecule has 0 saturated carbocycles. The molecule has 188 valence electrons. The number of aliphatic hydroxyl groups is 1. The van der Waals surface area contributed by atoms with Crippen molar-refractivity contribution in [2.24, 2.45) is 0 Å². The Kier molecular flexibility index (Phi) is 7.36.